The Kier molecular flexibility index (Phi) is 2.99. The van der Waals surface area contributed by atoms with Gasteiger partial charge in [0.1, 0.15) is 5.82 Å². The van der Waals surface area contributed by atoms with Crippen molar-refractivity contribution in [3.05, 3.63) is 76.3 Å². The minimum Gasteiger partial charge on any atom is -0.290 e. The van der Waals surface area contributed by atoms with Crippen molar-refractivity contribution in [1.29, 1.82) is 0 Å². The molecule has 0 radical (unpaired) electrons. The second kappa shape index (κ2) is 4.81. The first kappa shape index (κ1) is 12.4. The van der Waals surface area contributed by atoms with Gasteiger partial charge < -0.3 is 0 Å². The molecule has 3 rings (SSSR count). The summed E-state index contributed by atoms with van der Waals surface area (Å²) in [5, 5.41) is 3.03. The number of nitrogens with one attached hydrogen (secondary N) is 1. The van der Waals surface area contributed by atoms with E-state index < -0.39 is 0 Å². The smallest absolute Gasteiger partial charge is 0.271 e. The number of halogens is 1. The predicted molar refractivity (Wildman–Crippen MR) is 76.5 cm³/mol. The normalized spacial score (nSPS) is 10.7. The van der Waals surface area contributed by atoms with Crippen molar-refractivity contribution in [3.63, 3.8) is 0 Å². The fourth-order valence-corrected chi connectivity index (χ4v) is 2.06. The first-order chi connectivity index (χ1) is 9.63. The molecule has 0 aliphatic heterocycles. The van der Waals surface area contributed by atoms with Gasteiger partial charge in [0.05, 0.1) is 11.4 Å². The van der Waals surface area contributed by atoms with Gasteiger partial charge in [0, 0.05) is 6.07 Å². The number of benzene rings is 2. The van der Waals surface area contributed by atoms with Crippen LogP contribution in [0, 0.1) is 12.7 Å². The third kappa shape index (κ3) is 2.28. The van der Waals surface area contributed by atoms with Crippen LogP contribution in [0.4, 0.5) is 4.39 Å². The molecule has 0 aliphatic carbocycles. The van der Waals surface area contributed by atoms with Crippen molar-refractivity contribution in [2.45, 2.75) is 6.92 Å². The van der Waals surface area contributed by atoms with E-state index in [-0.39, 0.29) is 11.4 Å². The van der Waals surface area contributed by atoms with Gasteiger partial charge in [0.15, 0.2) is 0 Å². The highest BCUT2D eigenvalue weighted by molar-refractivity contribution is 5.58. The summed E-state index contributed by atoms with van der Waals surface area (Å²) < 4.78 is 14.4. The lowest BCUT2D eigenvalue weighted by atomic mass is 10.1. The summed E-state index contributed by atoms with van der Waals surface area (Å²) in [6, 6.07) is 15.2. The molecule has 0 fully saturated rings. The van der Waals surface area contributed by atoms with Crippen LogP contribution in [0.2, 0.25) is 0 Å². The molecule has 1 heterocycles. The lowest BCUT2D eigenvalue weighted by molar-refractivity contribution is 0.628. The maximum atomic E-state index is 12.9. The largest absolute Gasteiger partial charge is 0.290 e. The first-order valence-corrected chi connectivity index (χ1v) is 6.28. The van der Waals surface area contributed by atoms with Gasteiger partial charge in [-0.3, -0.25) is 9.89 Å². The molecule has 1 N–H and O–H groups in total. The number of aromatic amines is 1. The Balaban J connectivity index is 2.05. The van der Waals surface area contributed by atoms with Gasteiger partial charge in [0.25, 0.3) is 5.56 Å². The molecule has 1 aromatic heterocycles. The van der Waals surface area contributed by atoms with Gasteiger partial charge in [-0.1, -0.05) is 17.7 Å². The summed E-state index contributed by atoms with van der Waals surface area (Å²) in [4.78, 5) is 12.0. The minimum atomic E-state index is -0.297. The van der Waals surface area contributed by atoms with Crippen molar-refractivity contribution in [1.82, 2.24) is 9.78 Å². The molecule has 0 atom stereocenters. The van der Waals surface area contributed by atoms with Crippen LogP contribution in [0.5, 0.6) is 0 Å². The topological polar surface area (TPSA) is 37.8 Å². The monoisotopic (exact) mass is 268 g/mol. The SMILES string of the molecule is Cc1ccc(-n2[nH]c(-c3ccc(F)cc3)cc2=O)cc1. The Morgan fingerprint density at radius 1 is 1.00 bits per heavy atom. The molecule has 0 amide bonds. The lowest BCUT2D eigenvalue weighted by Crippen LogP contribution is -2.13. The molecule has 3 aromatic rings. The lowest BCUT2D eigenvalue weighted by Gasteiger charge is -2.03. The quantitative estimate of drug-likeness (QED) is 0.761. The van der Waals surface area contributed by atoms with Crippen molar-refractivity contribution in [3.8, 4) is 16.9 Å². The average molecular weight is 268 g/mol. The first-order valence-electron chi connectivity index (χ1n) is 6.28. The van der Waals surface area contributed by atoms with Gasteiger partial charge >= 0.3 is 0 Å². The molecule has 0 saturated carbocycles. The fraction of sp³-hybridized carbons (Fsp3) is 0.0625. The fourth-order valence-electron chi connectivity index (χ4n) is 2.06. The Labute approximate surface area is 115 Å². The Morgan fingerprint density at radius 2 is 1.65 bits per heavy atom. The molecule has 4 heteroatoms. The zero-order valence-corrected chi connectivity index (χ0v) is 10.9. The molecule has 2 aromatic carbocycles. The second-order valence-electron chi connectivity index (χ2n) is 4.69. The third-order valence-corrected chi connectivity index (χ3v) is 3.17. The van der Waals surface area contributed by atoms with Crippen molar-refractivity contribution in [2.75, 3.05) is 0 Å². The van der Waals surface area contributed by atoms with Crippen LogP contribution >= 0.6 is 0 Å². The minimum absolute atomic E-state index is 0.145. The third-order valence-electron chi connectivity index (χ3n) is 3.17. The van der Waals surface area contributed by atoms with Crippen LogP contribution in [-0.2, 0) is 0 Å². The van der Waals surface area contributed by atoms with E-state index in [1.165, 1.54) is 22.9 Å². The van der Waals surface area contributed by atoms with E-state index in [9.17, 15) is 9.18 Å². The van der Waals surface area contributed by atoms with Crippen molar-refractivity contribution < 1.29 is 4.39 Å². The van der Waals surface area contributed by atoms with Crippen LogP contribution in [0.3, 0.4) is 0 Å². The molecule has 0 aliphatic rings. The number of hydrogen-bond acceptors (Lipinski definition) is 1. The molecule has 0 unspecified atom stereocenters. The van der Waals surface area contributed by atoms with Crippen LogP contribution < -0.4 is 5.56 Å². The van der Waals surface area contributed by atoms with E-state index in [0.29, 0.717) is 5.69 Å². The summed E-state index contributed by atoms with van der Waals surface area (Å²) in [6.45, 7) is 1.99. The number of hydrogen-bond donors (Lipinski definition) is 1. The molecule has 3 nitrogen and oxygen atoms in total. The second-order valence-corrected chi connectivity index (χ2v) is 4.69. The van der Waals surface area contributed by atoms with E-state index in [2.05, 4.69) is 5.10 Å². The maximum Gasteiger partial charge on any atom is 0.271 e. The predicted octanol–water partition coefficient (Wildman–Crippen LogP) is 3.28. The van der Waals surface area contributed by atoms with Gasteiger partial charge in [-0.25, -0.2) is 9.07 Å². The van der Waals surface area contributed by atoms with Gasteiger partial charge in [-0.2, -0.15) is 0 Å². The highest BCUT2D eigenvalue weighted by Gasteiger charge is 2.07. The summed E-state index contributed by atoms with van der Waals surface area (Å²) >= 11 is 0. The summed E-state index contributed by atoms with van der Waals surface area (Å²) in [5.41, 5.74) is 3.19. The number of aromatic nitrogens is 2. The summed E-state index contributed by atoms with van der Waals surface area (Å²) in [6.07, 6.45) is 0. The summed E-state index contributed by atoms with van der Waals surface area (Å²) in [7, 11) is 0. The maximum absolute atomic E-state index is 12.9. The molecule has 0 spiro atoms. The highest BCUT2D eigenvalue weighted by Crippen LogP contribution is 2.17. The summed E-state index contributed by atoms with van der Waals surface area (Å²) in [5.74, 6) is -0.297. The van der Waals surface area contributed by atoms with E-state index in [1.807, 2.05) is 31.2 Å². The molecule has 100 valence electrons. The van der Waals surface area contributed by atoms with Crippen molar-refractivity contribution >= 4 is 0 Å². The Bertz CT molecular complexity index is 783. The van der Waals surface area contributed by atoms with Crippen LogP contribution in [0.15, 0.2) is 59.4 Å². The Morgan fingerprint density at radius 3 is 2.30 bits per heavy atom. The number of nitrogens with zero attached hydrogens (tertiary/aromatic N) is 1. The molecule has 0 bridgehead atoms. The van der Waals surface area contributed by atoms with Gasteiger partial charge in [-0.15, -0.1) is 0 Å². The van der Waals surface area contributed by atoms with Crippen LogP contribution in [0.25, 0.3) is 16.9 Å². The molecule has 20 heavy (non-hydrogen) atoms. The zero-order valence-electron chi connectivity index (χ0n) is 10.9. The van der Waals surface area contributed by atoms with Gasteiger partial charge in [-0.05, 0) is 48.9 Å². The van der Waals surface area contributed by atoms with Crippen LogP contribution in [-0.4, -0.2) is 9.78 Å². The van der Waals surface area contributed by atoms with E-state index in [0.717, 1.165) is 16.8 Å². The number of aryl methyl sites for hydroxylation is 1. The number of H-pyrrole nitrogens is 1. The number of rotatable bonds is 2. The molecule has 0 saturated heterocycles. The van der Waals surface area contributed by atoms with Gasteiger partial charge in [0.2, 0.25) is 0 Å². The molecular weight excluding hydrogens is 255 g/mol. The van der Waals surface area contributed by atoms with Crippen LogP contribution in [0.1, 0.15) is 5.56 Å². The van der Waals surface area contributed by atoms with E-state index >= 15 is 0 Å². The highest BCUT2D eigenvalue weighted by atomic mass is 19.1. The van der Waals surface area contributed by atoms with E-state index in [1.54, 1.807) is 12.1 Å². The van der Waals surface area contributed by atoms with E-state index in [4.69, 9.17) is 0 Å². The zero-order chi connectivity index (χ0) is 14.1. The molecular formula is C16H13FN2O. The average Bonchev–Trinajstić information content (AvgIpc) is 2.82. The Hall–Kier alpha value is -2.62. The standard InChI is InChI=1S/C16H13FN2O/c1-11-2-8-14(9-3-11)19-16(20)10-15(18-19)12-4-6-13(17)7-5-12/h2-10,18H,1H3. The van der Waals surface area contributed by atoms with Crippen molar-refractivity contribution in [2.24, 2.45) is 0 Å².